The quantitative estimate of drug-likeness (QED) is 0.405. The number of hydrogen-bond acceptors (Lipinski definition) is 6. The Morgan fingerprint density at radius 1 is 1.32 bits per heavy atom. The number of carboxylic acids is 1. The molecule has 1 aromatic carbocycles. The minimum Gasteiger partial charge on any atom is -0.550 e. The van der Waals surface area contributed by atoms with Crippen molar-refractivity contribution in [2.75, 3.05) is 6.54 Å². The van der Waals surface area contributed by atoms with Crippen molar-refractivity contribution in [1.29, 1.82) is 0 Å². The van der Waals surface area contributed by atoms with Gasteiger partial charge >= 0.3 is 0 Å². The lowest BCUT2D eigenvalue weighted by atomic mass is 10.3. The van der Waals surface area contributed by atoms with Crippen molar-refractivity contribution in [3.8, 4) is 0 Å². The van der Waals surface area contributed by atoms with Crippen LogP contribution in [0.2, 0.25) is 0 Å². The van der Waals surface area contributed by atoms with E-state index in [1.165, 1.54) is 12.1 Å². The van der Waals surface area contributed by atoms with Crippen molar-refractivity contribution >= 4 is 21.7 Å². The molecule has 8 nitrogen and oxygen atoms in total. The largest absolute Gasteiger partial charge is 0.550 e. The van der Waals surface area contributed by atoms with E-state index in [0.717, 1.165) is 12.1 Å². The molecule has 0 saturated carbocycles. The molecule has 1 N–H and O–H groups in total. The van der Waals surface area contributed by atoms with Gasteiger partial charge in [0.2, 0.25) is 10.0 Å². The summed E-state index contributed by atoms with van der Waals surface area (Å²) in [5.74, 6) is -1.29. The number of carbonyl (C=O) groups is 1. The van der Waals surface area contributed by atoms with Crippen LogP contribution in [-0.4, -0.2) is 25.9 Å². The average Bonchev–Trinajstić information content (AvgIpc) is 2.34. The number of benzene rings is 1. The van der Waals surface area contributed by atoms with E-state index in [4.69, 9.17) is 0 Å². The minimum absolute atomic E-state index is 0.0438. The second-order valence-electron chi connectivity index (χ2n) is 3.60. The van der Waals surface area contributed by atoms with Gasteiger partial charge in [-0.3, -0.25) is 10.1 Å². The molecule has 1 rings (SSSR count). The third-order valence-corrected chi connectivity index (χ3v) is 3.71. The van der Waals surface area contributed by atoms with Crippen LogP contribution in [0.4, 0.5) is 5.69 Å². The van der Waals surface area contributed by atoms with E-state index in [-0.39, 0.29) is 19.4 Å². The second-order valence-corrected chi connectivity index (χ2v) is 5.33. The molecule has 0 saturated heterocycles. The summed E-state index contributed by atoms with van der Waals surface area (Å²) >= 11 is 0. The Kier molecular flexibility index (Phi) is 4.95. The summed E-state index contributed by atoms with van der Waals surface area (Å²) in [6.45, 7) is -0.137. The van der Waals surface area contributed by atoms with Crippen LogP contribution in [0, 0.1) is 10.1 Å². The molecule has 0 spiro atoms. The number of sulfonamides is 1. The van der Waals surface area contributed by atoms with Gasteiger partial charge in [0, 0.05) is 18.6 Å². The number of nitro benzene ring substituents is 1. The standard InChI is InChI=1S/C10H12N2O6S/c13-10(14)6-3-7-11-19(17,18)9-5-2-1-4-8(9)12(15)16/h1-2,4-5,11H,3,6-7H2,(H,13,14)/p-1. The summed E-state index contributed by atoms with van der Waals surface area (Å²) in [5, 5.41) is 20.9. The maximum absolute atomic E-state index is 11.8. The molecule has 0 fully saturated rings. The summed E-state index contributed by atoms with van der Waals surface area (Å²) in [7, 11) is -4.04. The maximum Gasteiger partial charge on any atom is 0.289 e. The molecular weight excluding hydrogens is 276 g/mol. The fraction of sp³-hybridized carbons (Fsp3) is 0.300. The smallest absolute Gasteiger partial charge is 0.289 e. The van der Waals surface area contributed by atoms with E-state index in [9.17, 15) is 28.4 Å². The summed E-state index contributed by atoms with van der Waals surface area (Å²) in [6.07, 6.45) is -0.248. The lowest BCUT2D eigenvalue weighted by Gasteiger charge is -2.07. The van der Waals surface area contributed by atoms with Gasteiger partial charge in [0.15, 0.2) is 4.90 Å². The Hall–Kier alpha value is -2.00. The monoisotopic (exact) mass is 287 g/mol. The van der Waals surface area contributed by atoms with Gasteiger partial charge < -0.3 is 9.90 Å². The van der Waals surface area contributed by atoms with Gasteiger partial charge in [-0.25, -0.2) is 13.1 Å². The van der Waals surface area contributed by atoms with Crippen LogP contribution in [0.15, 0.2) is 29.2 Å². The van der Waals surface area contributed by atoms with Crippen LogP contribution < -0.4 is 9.83 Å². The first-order chi connectivity index (χ1) is 8.84. The zero-order valence-corrected chi connectivity index (χ0v) is 10.6. The number of para-hydroxylation sites is 1. The van der Waals surface area contributed by atoms with Crippen LogP contribution in [-0.2, 0) is 14.8 Å². The number of carboxylic acid groups (broad SMARTS) is 1. The molecule has 0 heterocycles. The first kappa shape index (κ1) is 15.1. The van der Waals surface area contributed by atoms with E-state index in [1.807, 2.05) is 0 Å². The SMILES string of the molecule is O=C([O-])CCCNS(=O)(=O)c1ccccc1[N+](=O)[O-]. The van der Waals surface area contributed by atoms with Gasteiger partial charge in [0.05, 0.1) is 4.92 Å². The third kappa shape index (κ3) is 4.30. The van der Waals surface area contributed by atoms with Gasteiger partial charge in [-0.15, -0.1) is 0 Å². The highest BCUT2D eigenvalue weighted by atomic mass is 32.2. The summed E-state index contributed by atoms with van der Waals surface area (Å²) in [5.41, 5.74) is -0.532. The molecular formula is C10H11N2O6S-. The minimum atomic E-state index is -4.04. The Labute approximate surface area is 109 Å². The molecule has 104 valence electrons. The van der Waals surface area contributed by atoms with Gasteiger partial charge in [0.1, 0.15) is 0 Å². The van der Waals surface area contributed by atoms with Crippen LogP contribution >= 0.6 is 0 Å². The Balaban J connectivity index is 2.83. The topological polar surface area (TPSA) is 129 Å². The number of rotatable bonds is 7. The van der Waals surface area contributed by atoms with E-state index in [0.29, 0.717) is 0 Å². The number of nitrogens with zero attached hydrogens (tertiary/aromatic N) is 1. The molecule has 0 aliphatic rings. The molecule has 19 heavy (non-hydrogen) atoms. The zero-order valence-electron chi connectivity index (χ0n) is 9.74. The highest BCUT2D eigenvalue weighted by Crippen LogP contribution is 2.22. The Morgan fingerprint density at radius 2 is 1.95 bits per heavy atom. The number of nitro groups is 1. The first-order valence-corrected chi connectivity index (χ1v) is 6.76. The normalized spacial score (nSPS) is 11.2. The molecule has 0 unspecified atom stereocenters. The third-order valence-electron chi connectivity index (χ3n) is 2.20. The lowest BCUT2D eigenvalue weighted by molar-refractivity contribution is -0.387. The molecule has 9 heteroatoms. The average molecular weight is 287 g/mol. The van der Waals surface area contributed by atoms with Crippen LogP contribution in [0.25, 0.3) is 0 Å². The lowest BCUT2D eigenvalue weighted by Crippen LogP contribution is -2.28. The van der Waals surface area contributed by atoms with Crippen molar-refractivity contribution in [2.24, 2.45) is 0 Å². The highest BCUT2D eigenvalue weighted by Gasteiger charge is 2.24. The fourth-order valence-corrected chi connectivity index (χ4v) is 2.60. The molecule has 0 aliphatic heterocycles. The van der Waals surface area contributed by atoms with Gasteiger partial charge in [0.25, 0.3) is 5.69 Å². The number of carbonyl (C=O) groups excluding carboxylic acids is 1. The van der Waals surface area contributed by atoms with Crippen molar-refractivity contribution < 1.29 is 23.2 Å². The predicted octanol–water partition coefficient (Wildman–Crippen LogP) is -0.597. The highest BCUT2D eigenvalue weighted by molar-refractivity contribution is 7.89. The van der Waals surface area contributed by atoms with E-state index in [1.54, 1.807) is 0 Å². The van der Waals surface area contributed by atoms with Gasteiger partial charge in [-0.2, -0.15) is 0 Å². The Morgan fingerprint density at radius 3 is 2.53 bits per heavy atom. The van der Waals surface area contributed by atoms with Crippen molar-refractivity contribution in [2.45, 2.75) is 17.7 Å². The molecule has 0 aliphatic carbocycles. The zero-order chi connectivity index (χ0) is 14.5. The fourth-order valence-electron chi connectivity index (χ4n) is 1.35. The molecule has 0 atom stereocenters. The second kappa shape index (κ2) is 6.25. The van der Waals surface area contributed by atoms with E-state index in [2.05, 4.69) is 4.72 Å². The van der Waals surface area contributed by atoms with Crippen molar-refractivity contribution in [1.82, 2.24) is 4.72 Å². The van der Waals surface area contributed by atoms with Crippen LogP contribution in [0.3, 0.4) is 0 Å². The van der Waals surface area contributed by atoms with E-state index >= 15 is 0 Å². The molecule has 0 amide bonds. The van der Waals surface area contributed by atoms with E-state index < -0.39 is 31.5 Å². The maximum atomic E-state index is 11.8. The molecule has 0 aromatic heterocycles. The summed E-state index contributed by atoms with van der Waals surface area (Å²) in [6, 6.07) is 4.91. The first-order valence-electron chi connectivity index (χ1n) is 5.27. The van der Waals surface area contributed by atoms with Gasteiger partial charge in [-0.05, 0) is 18.9 Å². The van der Waals surface area contributed by atoms with Crippen LogP contribution in [0.5, 0.6) is 0 Å². The van der Waals surface area contributed by atoms with Crippen molar-refractivity contribution in [3.05, 3.63) is 34.4 Å². The molecule has 1 aromatic rings. The molecule has 0 bridgehead atoms. The van der Waals surface area contributed by atoms with Crippen molar-refractivity contribution in [3.63, 3.8) is 0 Å². The number of nitrogens with one attached hydrogen (secondary N) is 1. The summed E-state index contributed by atoms with van der Waals surface area (Å²) < 4.78 is 25.7. The number of aliphatic carboxylic acids is 1. The summed E-state index contributed by atoms with van der Waals surface area (Å²) in [4.78, 5) is 19.6. The Bertz CT molecular complexity index is 583. The number of hydrogen-bond donors (Lipinski definition) is 1. The molecule has 0 radical (unpaired) electrons. The van der Waals surface area contributed by atoms with Gasteiger partial charge in [-0.1, -0.05) is 12.1 Å². The van der Waals surface area contributed by atoms with Crippen LogP contribution in [0.1, 0.15) is 12.8 Å². The predicted molar refractivity (Wildman–Crippen MR) is 62.5 cm³/mol.